The number of ether oxygens (including phenoxy) is 1. The topological polar surface area (TPSA) is 92.6 Å². The van der Waals surface area contributed by atoms with Crippen LogP contribution in [0.25, 0.3) is 0 Å². The lowest BCUT2D eigenvalue weighted by Crippen LogP contribution is -2.48. The van der Waals surface area contributed by atoms with Gasteiger partial charge in [0.05, 0.1) is 19.3 Å². The van der Waals surface area contributed by atoms with Crippen LogP contribution in [0.5, 0.6) is 0 Å². The number of rotatable bonds is 6. The van der Waals surface area contributed by atoms with E-state index >= 15 is 0 Å². The maximum atomic E-state index is 11.9. The van der Waals surface area contributed by atoms with Gasteiger partial charge in [0, 0.05) is 24.8 Å². The van der Waals surface area contributed by atoms with Crippen molar-refractivity contribution in [1.29, 1.82) is 0 Å². The summed E-state index contributed by atoms with van der Waals surface area (Å²) < 4.78 is 7.26. The first kappa shape index (κ1) is 22.0. The molecule has 1 aromatic heterocycles. The van der Waals surface area contributed by atoms with Gasteiger partial charge in [-0.2, -0.15) is 5.10 Å². The number of aryl methyl sites for hydroxylation is 1. The minimum absolute atomic E-state index is 0.176. The standard InChI is InChI=1S/C20H36N6O2/c1-6-21-18(22-11-12-26-14-15(2)13-23-26)24-16-7-9-17(10-8-16)25-19(27)28-20(3,4)5/h13-14,16-17H,6-12H2,1-5H3,(H,25,27)(H2,21,22,24). The Morgan fingerprint density at radius 1 is 1.25 bits per heavy atom. The first-order valence-corrected chi connectivity index (χ1v) is 10.3. The number of aliphatic imine (C=N–C) groups is 1. The molecule has 1 saturated carbocycles. The lowest BCUT2D eigenvalue weighted by molar-refractivity contribution is 0.0490. The number of hydrogen-bond donors (Lipinski definition) is 3. The fourth-order valence-electron chi connectivity index (χ4n) is 3.22. The summed E-state index contributed by atoms with van der Waals surface area (Å²) in [7, 11) is 0. The molecule has 1 heterocycles. The summed E-state index contributed by atoms with van der Waals surface area (Å²) >= 11 is 0. The van der Waals surface area contributed by atoms with E-state index in [0.717, 1.165) is 50.3 Å². The quantitative estimate of drug-likeness (QED) is 0.511. The Hall–Kier alpha value is -2.25. The van der Waals surface area contributed by atoms with Gasteiger partial charge >= 0.3 is 6.09 Å². The lowest BCUT2D eigenvalue weighted by atomic mass is 9.91. The Bertz CT molecular complexity index is 641. The number of aromatic nitrogens is 2. The molecule has 2 rings (SSSR count). The van der Waals surface area contributed by atoms with Gasteiger partial charge in [0.1, 0.15) is 5.60 Å². The summed E-state index contributed by atoms with van der Waals surface area (Å²) in [5.41, 5.74) is 0.695. The van der Waals surface area contributed by atoms with E-state index < -0.39 is 5.60 Å². The fraction of sp³-hybridized carbons (Fsp3) is 0.750. The second-order valence-corrected chi connectivity index (χ2v) is 8.38. The van der Waals surface area contributed by atoms with Gasteiger partial charge in [-0.3, -0.25) is 9.67 Å². The van der Waals surface area contributed by atoms with E-state index in [0.29, 0.717) is 12.6 Å². The number of hydrogen-bond acceptors (Lipinski definition) is 4. The van der Waals surface area contributed by atoms with Crippen LogP contribution in [0.2, 0.25) is 0 Å². The summed E-state index contributed by atoms with van der Waals surface area (Å²) in [4.78, 5) is 16.6. The highest BCUT2D eigenvalue weighted by molar-refractivity contribution is 5.80. The Morgan fingerprint density at radius 3 is 2.43 bits per heavy atom. The number of nitrogens with zero attached hydrogens (tertiary/aromatic N) is 3. The number of nitrogens with one attached hydrogen (secondary N) is 3. The molecule has 0 spiro atoms. The molecule has 3 N–H and O–H groups in total. The molecule has 0 radical (unpaired) electrons. The zero-order valence-corrected chi connectivity index (χ0v) is 17.9. The molecule has 1 aromatic rings. The smallest absolute Gasteiger partial charge is 0.407 e. The molecule has 0 bridgehead atoms. The second-order valence-electron chi connectivity index (χ2n) is 8.38. The van der Waals surface area contributed by atoms with Gasteiger partial charge in [0.15, 0.2) is 5.96 Å². The van der Waals surface area contributed by atoms with Gasteiger partial charge < -0.3 is 20.7 Å². The van der Waals surface area contributed by atoms with Gasteiger partial charge in [-0.05, 0) is 65.9 Å². The van der Waals surface area contributed by atoms with Gasteiger partial charge in [-0.15, -0.1) is 0 Å². The molecule has 1 aliphatic rings. The van der Waals surface area contributed by atoms with Crippen molar-refractivity contribution in [2.75, 3.05) is 13.1 Å². The second kappa shape index (κ2) is 10.3. The van der Waals surface area contributed by atoms with Crippen LogP contribution in [-0.4, -0.2) is 52.6 Å². The van der Waals surface area contributed by atoms with Crippen molar-refractivity contribution in [2.24, 2.45) is 4.99 Å². The van der Waals surface area contributed by atoms with Crippen LogP contribution < -0.4 is 16.0 Å². The Kier molecular flexibility index (Phi) is 8.14. The third kappa shape index (κ3) is 8.19. The average Bonchev–Trinajstić information content (AvgIpc) is 3.00. The van der Waals surface area contributed by atoms with Crippen LogP contribution in [0, 0.1) is 6.92 Å². The highest BCUT2D eigenvalue weighted by atomic mass is 16.6. The molecule has 1 fully saturated rings. The minimum Gasteiger partial charge on any atom is -0.444 e. The highest BCUT2D eigenvalue weighted by Crippen LogP contribution is 2.19. The summed E-state index contributed by atoms with van der Waals surface area (Å²) in [6, 6.07) is 0.539. The third-order valence-electron chi connectivity index (χ3n) is 4.49. The maximum absolute atomic E-state index is 11.9. The number of guanidine groups is 1. The Morgan fingerprint density at radius 2 is 1.89 bits per heavy atom. The van der Waals surface area contributed by atoms with Crippen molar-refractivity contribution in [3.63, 3.8) is 0 Å². The molecule has 0 aromatic carbocycles. The molecule has 0 atom stereocenters. The van der Waals surface area contributed by atoms with E-state index in [1.54, 1.807) is 0 Å². The average molecular weight is 393 g/mol. The van der Waals surface area contributed by atoms with Crippen molar-refractivity contribution in [3.05, 3.63) is 18.0 Å². The predicted molar refractivity (Wildman–Crippen MR) is 111 cm³/mol. The van der Waals surface area contributed by atoms with E-state index in [2.05, 4.69) is 33.0 Å². The summed E-state index contributed by atoms with van der Waals surface area (Å²) in [5.74, 6) is 0.843. The van der Waals surface area contributed by atoms with Crippen LogP contribution in [0.1, 0.15) is 58.9 Å². The third-order valence-corrected chi connectivity index (χ3v) is 4.49. The van der Waals surface area contributed by atoms with Gasteiger partial charge in [-0.25, -0.2) is 4.79 Å². The van der Waals surface area contributed by atoms with Crippen LogP contribution in [0.3, 0.4) is 0 Å². The zero-order chi connectivity index (χ0) is 20.6. The van der Waals surface area contributed by atoms with E-state index in [9.17, 15) is 4.79 Å². The number of carbonyl (C=O) groups excluding carboxylic acids is 1. The van der Waals surface area contributed by atoms with Gasteiger partial charge in [-0.1, -0.05) is 0 Å². The van der Waals surface area contributed by atoms with E-state index in [1.807, 2.05) is 44.8 Å². The maximum Gasteiger partial charge on any atom is 0.407 e. The van der Waals surface area contributed by atoms with Gasteiger partial charge in [0.2, 0.25) is 0 Å². The van der Waals surface area contributed by atoms with Crippen molar-refractivity contribution >= 4 is 12.1 Å². The lowest BCUT2D eigenvalue weighted by Gasteiger charge is -2.31. The van der Waals surface area contributed by atoms with Crippen LogP contribution in [0.4, 0.5) is 4.79 Å². The normalized spacial score (nSPS) is 20.5. The molecular weight excluding hydrogens is 356 g/mol. The molecule has 8 heteroatoms. The number of alkyl carbamates (subject to hydrolysis) is 1. The van der Waals surface area contributed by atoms with E-state index in [1.165, 1.54) is 0 Å². The highest BCUT2D eigenvalue weighted by Gasteiger charge is 2.25. The fourth-order valence-corrected chi connectivity index (χ4v) is 3.22. The first-order chi connectivity index (χ1) is 13.2. The zero-order valence-electron chi connectivity index (χ0n) is 17.9. The molecule has 28 heavy (non-hydrogen) atoms. The predicted octanol–water partition coefficient (Wildman–Crippen LogP) is 2.58. The van der Waals surface area contributed by atoms with Crippen LogP contribution in [0.15, 0.2) is 17.4 Å². The van der Waals surface area contributed by atoms with E-state index in [-0.39, 0.29) is 12.1 Å². The molecular formula is C20H36N6O2. The van der Waals surface area contributed by atoms with Gasteiger partial charge in [0.25, 0.3) is 0 Å². The molecule has 0 unspecified atom stereocenters. The van der Waals surface area contributed by atoms with Crippen LogP contribution >= 0.6 is 0 Å². The van der Waals surface area contributed by atoms with Crippen molar-refractivity contribution in [1.82, 2.24) is 25.7 Å². The molecule has 0 saturated heterocycles. The summed E-state index contributed by atoms with van der Waals surface area (Å²) in [6.45, 7) is 12.0. The monoisotopic (exact) mass is 392 g/mol. The summed E-state index contributed by atoms with van der Waals surface area (Å²) in [6.07, 6.45) is 7.40. The molecule has 0 aliphatic heterocycles. The van der Waals surface area contributed by atoms with Crippen molar-refractivity contribution in [2.45, 2.75) is 84.5 Å². The first-order valence-electron chi connectivity index (χ1n) is 10.3. The molecule has 1 amide bonds. The minimum atomic E-state index is -0.463. The Labute approximate surface area is 168 Å². The number of amides is 1. The van der Waals surface area contributed by atoms with Crippen LogP contribution in [-0.2, 0) is 11.3 Å². The number of carbonyl (C=O) groups is 1. The van der Waals surface area contributed by atoms with Crippen molar-refractivity contribution in [3.8, 4) is 0 Å². The molecule has 158 valence electrons. The molecule has 8 nitrogen and oxygen atoms in total. The molecule has 1 aliphatic carbocycles. The summed E-state index contributed by atoms with van der Waals surface area (Å²) in [5, 5.41) is 14.1. The Balaban J connectivity index is 1.75. The van der Waals surface area contributed by atoms with E-state index in [4.69, 9.17) is 4.74 Å². The SMILES string of the molecule is CCNC(=NCCn1cc(C)cn1)NC1CCC(NC(=O)OC(C)(C)C)CC1. The largest absolute Gasteiger partial charge is 0.444 e. The van der Waals surface area contributed by atoms with Crippen molar-refractivity contribution < 1.29 is 9.53 Å².